The molecule has 0 bridgehead atoms. The summed E-state index contributed by atoms with van der Waals surface area (Å²) in [7, 11) is 0. The van der Waals surface area contributed by atoms with Gasteiger partial charge >= 0.3 is 0 Å². The Bertz CT molecular complexity index is 630. The monoisotopic (exact) mass is 243 g/mol. The zero-order chi connectivity index (χ0) is 13.1. The van der Waals surface area contributed by atoms with Gasteiger partial charge in [-0.25, -0.2) is 0 Å². The molecule has 0 aliphatic rings. The molecule has 92 valence electrons. The van der Waals surface area contributed by atoms with Gasteiger partial charge in [0, 0.05) is 30.3 Å². The van der Waals surface area contributed by atoms with Gasteiger partial charge in [0.1, 0.15) is 0 Å². The maximum Gasteiger partial charge on any atom is 0.274 e. The molecule has 2 aromatic heterocycles. The van der Waals surface area contributed by atoms with E-state index in [4.69, 9.17) is 0 Å². The maximum absolute atomic E-state index is 11.8. The first-order valence-corrected chi connectivity index (χ1v) is 5.66. The van der Waals surface area contributed by atoms with Crippen LogP contribution in [-0.4, -0.2) is 9.67 Å². The average molecular weight is 243 g/mol. The van der Waals surface area contributed by atoms with Gasteiger partial charge in [-0.2, -0.15) is 4.57 Å². The Morgan fingerprint density at radius 1 is 1.39 bits per heavy atom. The van der Waals surface area contributed by atoms with Crippen molar-refractivity contribution in [1.29, 1.82) is 0 Å². The van der Waals surface area contributed by atoms with Gasteiger partial charge in [0.2, 0.25) is 0 Å². The second kappa shape index (κ2) is 4.87. The fourth-order valence-electron chi connectivity index (χ4n) is 1.91. The summed E-state index contributed by atoms with van der Waals surface area (Å²) in [4.78, 5) is 11.8. The molecule has 2 heterocycles. The van der Waals surface area contributed by atoms with E-state index in [1.807, 2.05) is 30.6 Å². The first-order chi connectivity index (χ1) is 8.65. The predicted molar refractivity (Wildman–Crippen MR) is 68.8 cm³/mol. The van der Waals surface area contributed by atoms with Crippen LogP contribution in [0.2, 0.25) is 0 Å². The molecule has 0 spiro atoms. The lowest BCUT2D eigenvalue weighted by atomic mass is 10.2. The average Bonchev–Trinajstić information content (AvgIpc) is 2.35. The fourth-order valence-corrected chi connectivity index (χ4v) is 1.91. The van der Waals surface area contributed by atoms with Gasteiger partial charge in [-0.1, -0.05) is 12.1 Å². The molecule has 4 heteroatoms. The second-order valence-electron chi connectivity index (χ2n) is 4.02. The van der Waals surface area contributed by atoms with E-state index in [1.165, 1.54) is 10.6 Å². The molecule has 0 saturated heterocycles. The quantitative estimate of drug-likeness (QED) is 0.653. The zero-order valence-electron chi connectivity index (χ0n) is 10.2. The Kier molecular flexibility index (Phi) is 3.28. The Labute approximate surface area is 105 Å². The lowest BCUT2D eigenvalue weighted by Crippen LogP contribution is -2.33. The van der Waals surface area contributed by atoms with Crippen molar-refractivity contribution < 1.29 is 9.67 Å². The molecule has 0 aliphatic heterocycles. The molecule has 0 unspecified atom stereocenters. The van der Waals surface area contributed by atoms with Crippen molar-refractivity contribution in [1.82, 2.24) is 4.57 Å². The molecule has 0 aromatic carbocycles. The summed E-state index contributed by atoms with van der Waals surface area (Å²) < 4.78 is 3.07. The minimum absolute atomic E-state index is 0.0453. The van der Waals surface area contributed by atoms with Crippen molar-refractivity contribution in [2.75, 3.05) is 0 Å². The van der Waals surface area contributed by atoms with E-state index in [2.05, 4.69) is 6.58 Å². The highest BCUT2D eigenvalue weighted by molar-refractivity contribution is 5.41. The van der Waals surface area contributed by atoms with Gasteiger partial charge in [-0.3, -0.25) is 9.36 Å². The molecule has 2 aromatic rings. The van der Waals surface area contributed by atoms with Crippen LogP contribution in [0.15, 0.2) is 54.1 Å². The Morgan fingerprint density at radius 2 is 2.06 bits per heavy atom. The molecule has 4 nitrogen and oxygen atoms in total. The molecule has 0 amide bonds. The molecular weight excluding hydrogens is 228 g/mol. The van der Waals surface area contributed by atoms with Crippen molar-refractivity contribution in [3.63, 3.8) is 0 Å². The lowest BCUT2D eigenvalue weighted by Gasteiger charge is -2.08. The number of rotatable bonds is 3. The largest absolute Gasteiger partial charge is 0.490 e. The van der Waals surface area contributed by atoms with Crippen molar-refractivity contribution in [2.24, 2.45) is 0 Å². The Hall–Kier alpha value is -2.36. The number of aromatic nitrogens is 2. The molecule has 0 atom stereocenters. The van der Waals surface area contributed by atoms with Crippen LogP contribution in [0.3, 0.4) is 0 Å². The van der Waals surface area contributed by atoms with E-state index in [-0.39, 0.29) is 18.0 Å². The summed E-state index contributed by atoms with van der Waals surface area (Å²) in [5, 5.41) is 10.2. The summed E-state index contributed by atoms with van der Waals surface area (Å²) in [5.41, 5.74) is 1.11. The number of pyridine rings is 2. The summed E-state index contributed by atoms with van der Waals surface area (Å²) >= 11 is 0. The molecule has 18 heavy (non-hydrogen) atoms. The summed E-state index contributed by atoms with van der Waals surface area (Å²) in [6.45, 7) is 5.67. The Morgan fingerprint density at radius 3 is 2.67 bits per heavy atom. The van der Waals surface area contributed by atoms with Crippen LogP contribution in [0.5, 0.6) is 5.88 Å². The molecular formula is C14H15N2O2+. The number of hydrogen-bond donors (Lipinski definition) is 1. The number of allylic oxidation sites excluding steroid dienone is 1. The van der Waals surface area contributed by atoms with Crippen LogP contribution in [0.25, 0.3) is 5.69 Å². The molecule has 1 N–H and O–H groups in total. The van der Waals surface area contributed by atoms with E-state index in [1.54, 1.807) is 17.6 Å². The van der Waals surface area contributed by atoms with Gasteiger partial charge in [0.05, 0.1) is 0 Å². The molecule has 0 fully saturated rings. The topological polar surface area (TPSA) is 46.1 Å². The van der Waals surface area contributed by atoms with Gasteiger partial charge < -0.3 is 5.11 Å². The van der Waals surface area contributed by atoms with Crippen LogP contribution in [-0.2, 0) is 6.54 Å². The van der Waals surface area contributed by atoms with E-state index < -0.39 is 0 Å². The third kappa shape index (κ3) is 2.05. The molecule has 0 radical (unpaired) electrons. The summed E-state index contributed by atoms with van der Waals surface area (Å²) in [6.07, 6.45) is 5.23. The van der Waals surface area contributed by atoms with Gasteiger partial charge in [-0.05, 0) is 6.92 Å². The highest BCUT2D eigenvalue weighted by Gasteiger charge is 2.20. The van der Waals surface area contributed by atoms with Crippen molar-refractivity contribution in [3.8, 4) is 11.6 Å². The van der Waals surface area contributed by atoms with Crippen LogP contribution in [0.4, 0.5) is 0 Å². The lowest BCUT2D eigenvalue weighted by molar-refractivity contribution is -0.597. The number of hydrogen-bond acceptors (Lipinski definition) is 2. The molecule has 0 saturated carbocycles. The smallest absolute Gasteiger partial charge is 0.274 e. The number of aryl methyl sites for hydroxylation is 1. The highest BCUT2D eigenvalue weighted by Crippen LogP contribution is 2.18. The van der Waals surface area contributed by atoms with E-state index in [0.29, 0.717) is 5.69 Å². The summed E-state index contributed by atoms with van der Waals surface area (Å²) in [6, 6.07) is 7.13. The van der Waals surface area contributed by atoms with E-state index in [0.717, 1.165) is 5.56 Å². The normalized spacial score (nSPS) is 10.3. The minimum Gasteiger partial charge on any atom is -0.490 e. The maximum atomic E-state index is 11.8. The first-order valence-electron chi connectivity index (χ1n) is 5.66. The third-order valence-corrected chi connectivity index (χ3v) is 2.73. The Balaban J connectivity index is 2.72. The van der Waals surface area contributed by atoms with Crippen molar-refractivity contribution in [3.05, 3.63) is 65.2 Å². The van der Waals surface area contributed by atoms with E-state index in [9.17, 15) is 9.90 Å². The summed E-state index contributed by atoms with van der Waals surface area (Å²) in [5.74, 6) is -0.0453. The zero-order valence-corrected chi connectivity index (χ0v) is 10.2. The van der Waals surface area contributed by atoms with Gasteiger partial charge in [0.15, 0.2) is 12.4 Å². The SMILES string of the molecule is C=CCn1c(O)c(-[n+]2ccccc2)c(C)cc1=O. The second-order valence-corrected chi connectivity index (χ2v) is 4.02. The standard InChI is InChI=1S/C14H14N2O2/c1-3-7-16-12(17)10-11(2)13(14(16)18)15-8-5-4-6-9-15/h3-6,8-10H,1,7H2,2H3/p+1. The van der Waals surface area contributed by atoms with Gasteiger partial charge in [-0.15, -0.1) is 6.58 Å². The van der Waals surface area contributed by atoms with Crippen LogP contribution in [0.1, 0.15) is 5.56 Å². The molecule has 2 rings (SSSR count). The van der Waals surface area contributed by atoms with Crippen LogP contribution < -0.4 is 10.1 Å². The third-order valence-electron chi connectivity index (χ3n) is 2.73. The van der Waals surface area contributed by atoms with E-state index >= 15 is 0 Å². The fraction of sp³-hybridized carbons (Fsp3) is 0.143. The van der Waals surface area contributed by atoms with Crippen molar-refractivity contribution >= 4 is 0 Å². The van der Waals surface area contributed by atoms with Crippen LogP contribution in [0, 0.1) is 6.92 Å². The number of aromatic hydroxyl groups is 1. The first kappa shape index (κ1) is 12.1. The number of nitrogens with zero attached hydrogens (tertiary/aromatic N) is 2. The highest BCUT2D eigenvalue weighted by atomic mass is 16.3. The minimum atomic E-state index is -0.231. The van der Waals surface area contributed by atoms with Crippen molar-refractivity contribution in [2.45, 2.75) is 13.5 Å². The predicted octanol–water partition coefficient (Wildman–Crippen LogP) is 1.33. The van der Waals surface area contributed by atoms with Gasteiger partial charge in [0.25, 0.3) is 17.1 Å². The molecule has 0 aliphatic carbocycles. The van der Waals surface area contributed by atoms with Crippen LogP contribution >= 0.6 is 0 Å².